The molecule has 1 N–H and O–H groups in total. The molecule has 1 aliphatic heterocycles. The molecular weight excluding hydrogens is 336 g/mol. The lowest BCUT2D eigenvalue weighted by Gasteiger charge is -2.17. The van der Waals surface area contributed by atoms with E-state index in [1.165, 1.54) is 50.1 Å². The number of esters is 1. The molecular formula is C15H18N2O6S. The Kier molecular flexibility index (Phi) is 5.91. The van der Waals surface area contributed by atoms with Gasteiger partial charge in [-0.2, -0.15) is 0 Å². The first-order chi connectivity index (χ1) is 11.5. The first-order valence-corrected chi connectivity index (χ1v) is 8.04. The van der Waals surface area contributed by atoms with E-state index in [2.05, 4.69) is 5.32 Å². The zero-order valence-electron chi connectivity index (χ0n) is 13.6. The van der Waals surface area contributed by atoms with Crippen LogP contribution in [0, 0.1) is 0 Å². The SMILES string of the molecule is COC(=O)c1cc(OC)c(OC)cc1NC(=O)CN1CCSC1=O. The van der Waals surface area contributed by atoms with Crippen molar-refractivity contribution in [1.82, 2.24) is 4.90 Å². The van der Waals surface area contributed by atoms with Gasteiger partial charge >= 0.3 is 5.97 Å². The zero-order valence-corrected chi connectivity index (χ0v) is 14.4. The van der Waals surface area contributed by atoms with Gasteiger partial charge in [0.25, 0.3) is 5.24 Å². The second-order valence-electron chi connectivity index (χ2n) is 4.83. The monoisotopic (exact) mass is 354 g/mol. The van der Waals surface area contributed by atoms with Crippen molar-refractivity contribution < 1.29 is 28.6 Å². The number of ether oxygens (including phenoxy) is 3. The van der Waals surface area contributed by atoms with Gasteiger partial charge in [-0.05, 0) is 0 Å². The summed E-state index contributed by atoms with van der Waals surface area (Å²) in [6, 6.07) is 2.90. The number of anilines is 1. The molecule has 130 valence electrons. The van der Waals surface area contributed by atoms with Gasteiger partial charge in [0, 0.05) is 24.4 Å². The van der Waals surface area contributed by atoms with Crippen molar-refractivity contribution in [2.24, 2.45) is 0 Å². The highest BCUT2D eigenvalue weighted by Gasteiger charge is 2.24. The molecule has 9 heteroatoms. The number of nitrogens with zero attached hydrogens (tertiary/aromatic N) is 1. The Morgan fingerprint density at radius 1 is 1.21 bits per heavy atom. The molecule has 24 heavy (non-hydrogen) atoms. The zero-order chi connectivity index (χ0) is 17.7. The van der Waals surface area contributed by atoms with Gasteiger partial charge in [0.15, 0.2) is 11.5 Å². The quantitative estimate of drug-likeness (QED) is 0.775. The largest absolute Gasteiger partial charge is 0.493 e. The predicted molar refractivity (Wildman–Crippen MR) is 88.9 cm³/mol. The number of carbonyl (C=O) groups is 3. The molecule has 0 bridgehead atoms. The second kappa shape index (κ2) is 7.91. The maximum Gasteiger partial charge on any atom is 0.340 e. The first-order valence-electron chi connectivity index (χ1n) is 7.06. The van der Waals surface area contributed by atoms with Gasteiger partial charge < -0.3 is 24.4 Å². The van der Waals surface area contributed by atoms with Crippen molar-refractivity contribution in [2.75, 3.05) is 45.5 Å². The number of thioether (sulfide) groups is 1. The van der Waals surface area contributed by atoms with Crippen LogP contribution >= 0.6 is 11.8 Å². The van der Waals surface area contributed by atoms with Gasteiger partial charge in [-0.25, -0.2) is 4.79 Å². The average Bonchev–Trinajstić information content (AvgIpc) is 2.98. The van der Waals surface area contributed by atoms with Crippen LogP contribution in [0.5, 0.6) is 11.5 Å². The van der Waals surface area contributed by atoms with E-state index in [1.807, 2.05) is 0 Å². The minimum absolute atomic E-state index is 0.0825. The van der Waals surface area contributed by atoms with Crippen LogP contribution in [0.4, 0.5) is 10.5 Å². The molecule has 0 radical (unpaired) electrons. The Labute approximate surface area is 143 Å². The molecule has 0 aliphatic carbocycles. The number of rotatable bonds is 6. The number of hydrogen-bond acceptors (Lipinski definition) is 7. The number of carbonyl (C=O) groups excluding carboxylic acids is 3. The Morgan fingerprint density at radius 3 is 2.42 bits per heavy atom. The number of nitrogens with one attached hydrogen (secondary N) is 1. The maximum atomic E-state index is 12.2. The van der Waals surface area contributed by atoms with Gasteiger partial charge in [-0.15, -0.1) is 0 Å². The van der Waals surface area contributed by atoms with Crippen LogP contribution < -0.4 is 14.8 Å². The molecule has 1 aromatic carbocycles. The van der Waals surface area contributed by atoms with Crippen molar-refractivity contribution >= 4 is 34.6 Å². The Morgan fingerprint density at radius 2 is 1.88 bits per heavy atom. The van der Waals surface area contributed by atoms with Crippen LogP contribution in [0.1, 0.15) is 10.4 Å². The van der Waals surface area contributed by atoms with E-state index in [1.54, 1.807) is 0 Å². The van der Waals surface area contributed by atoms with E-state index >= 15 is 0 Å². The molecule has 8 nitrogen and oxygen atoms in total. The second-order valence-corrected chi connectivity index (χ2v) is 5.87. The summed E-state index contributed by atoms with van der Waals surface area (Å²) in [4.78, 5) is 37.1. The lowest BCUT2D eigenvalue weighted by atomic mass is 10.1. The lowest BCUT2D eigenvalue weighted by molar-refractivity contribution is -0.116. The van der Waals surface area contributed by atoms with E-state index < -0.39 is 11.9 Å². The van der Waals surface area contributed by atoms with E-state index in [9.17, 15) is 14.4 Å². The third kappa shape index (κ3) is 3.91. The van der Waals surface area contributed by atoms with E-state index in [0.717, 1.165) is 0 Å². The first kappa shape index (κ1) is 17.9. The Balaban J connectivity index is 2.24. The van der Waals surface area contributed by atoms with Crippen molar-refractivity contribution in [1.29, 1.82) is 0 Å². The average molecular weight is 354 g/mol. The minimum atomic E-state index is -0.626. The number of amides is 2. The molecule has 0 saturated carbocycles. The maximum absolute atomic E-state index is 12.2. The van der Waals surface area contributed by atoms with Crippen LogP contribution in [0.2, 0.25) is 0 Å². The topological polar surface area (TPSA) is 94.2 Å². The molecule has 2 rings (SSSR count). The van der Waals surface area contributed by atoms with Crippen LogP contribution in [0.15, 0.2) is 12.1 Å². The molecule has 2 amide bonds. The van der Waals surface area contributed by atoms with Crippen LogP contribution in [-0.2, 0) is 9.53 Å². The fourth-order valence-electron chi connectivity index (χ4n) is 2.19. The van der Waals surface area contributed by atoms with Crippen molar-refractivity contribution in [2.45, 2.75) is 0 Å². The molecule has 0 spiro atoms. The molecule has 1 heterocycles. The predicted octanol–water partition coefficient (Wildman–Crippen LogP) is 1.60. The summed E-state index contributed by atoms with van der Waals surface area (Å²) in [6.07, 6.45) is 0. The summed E-state index contributed by atoms with van der Waals surface area (Å²) in [7, 11) is 4.12. The van der Waals surface area contributed by atoms with Gasteiger partial charge in [-0.1, -0.05) is 11.8 Å². The third-order valence-electron chi connectivity index (χ3n) is 3.38. The molecule has 1 fully saturated rings. The fourth-order valence-corrected chi connectivity index (χ4v) is 3.02. The van der Waals surface area contributed by atoms with Crippen LogP contribution in [0.25, 0.3) is 0 Å². The molecule has 0 aromatic heterocycles. The summed E-state index contributed by atoms with van der Waals surface area (Å²) in [6.45, 7) is 0.438. The highest BCUT2D eigenvalue weighted by atomic mass is 32.2. The van der Waals surface area contributed by atoms with Gasteiger partial charge in [0.2, 0.25) is 5.91 Å². The van der Waals surface area contributed by atoms with E-state index in [0.29, 0.717) is 23.8 Å². The fraction of sp³-hybridized carbons (Fsp3) is 0.400. The molecule has 1 aromatic rings. The van der Waals surface area contributed by atoms with Gasteiger partial charge in [0.1, 0.15) is 6.54 Å². The molecule has 0 unspecified atom stereocenters. The number of methoxy groups -OCH3 is 3. The van der Waals surface area contributed by atoms with E-state index in [4.69, 9.17) is 14.2 Å². The summed E-state index contributed by atoms with van der Waals surface area (Å²) >= 11 is 1.17. The van der Waals surface area contributed by atoms with Crippen LogP contribution in [0.3, 0.4) is 0 Å². The highest BCUT2D eigenvalue weighted by molar-refractivity contribution is 8.13. The summed E-state index contributed by atoms with van der Waals surface area (Å²) in [5, 5.41) is 2.49. The van der Waals surface area contributed by atoms with Crippen molar-refractivity contribution in [3.63, 3.8) is 0 Å². The standard InChI is InChI=1S/C15H18N2O6S/c1-21-11-6-9(14(19)23-3)10(7-12(11)22-2)16-13(18)8-17-4-5-24-15(17)20/h6-7H,4-5,8H2,1-3H3,(H,16,18). The normalized spacial score (nSPS) is 13.6. The molecule has 1 aliphatic rings. The number of hydrogen-bond donors (Lipinski definition) is 1. The smallest absolute Gasteiger partial charge is 0.340 e. The van der Waals surface area contributed by atoms with Gasteiger partial charge in [-0.3, -0.25) is 9.59 Å². The summed E-state index contributed by atoms with van der Waals surface area (Å²) in [5.41, 5.74) is 0.356. The van der Waals surface area contributed by atoms with Crippen molar-refractivity contribution in [3.05, 3.63) is 17.7 Å². The molecule has 1 saturated heterocycles. The number of benzene rings is 1. The Bertz CT molecular complexity index is 664. The third-order valence-corrected chi connectivity index (χ3v) is 4.27. The van der Waals surface area contributed by atoms with Gasteiger partial charge in [0.05, 0.1) is 32.6 Å². The molecule has 0 atom stereocenters. The van der Waals surface area contributed by atoms with Crippen LogP contribution in [-0.4, -0.2) is 62.2 Å². The summed E-state index contributed by atoms with van der Waals surface area (Å²) in [5.74, 6) is 0.313. The summed E-state index contributed by atoms with van der Waals surface area (Å²) < 4.78 is 15.1. The highest BCUT2D eigenvalue weighted by Crippen LogP contribution is 2.33. The van der Waals surface area contributed by atoms with E-state index in [-0.39, 0.29) is 23.0 Å². The van der Waals surface area contributed by atoms with Crippen molar-refractivity contribution in [3.8, 4) is 11.5 Å². The lowest BCUT2D eigenvalue weighted by Crippen LogP contribution is -2.33. The minimum Gasteiger partial charge on any atom is -0.493 e. The Hall–Kier alpha value is -2.42.